The molecule has 4 aromatic carbocycles. The highest BCUT2D eigenvalue weighted by Gasteiger charge is 2.31. The predicted octanol–water partition coefficient (Wildman–Crippen LogP) is 8.06. The molecule has 1 atom stereocenters. The SMILES string of the molecule is N#CC1=C(N)Oc2cc(OC(=O)/C=C/c3ccc(Cl)cc3Cl)ccc2C1c1ccc(OCc2ccc(Cl)cc2)cc1. The molecule has 0 bridgehead atoms. The molecule has 0 aliphatic carbocycles. The topological polar surface area (TPSA) is 94.6 Å². The van der Waals surface area contributed by atoms with Gasteiger partial charge in [-0.25, -0.2) is 4.79 Å². The molecule has 0 spiro atoms. The van der Waals surface area contributed by atoms with E-state index in [0.29, 0.717) is 44.3 Å². The first-order valence-corrected chi connectivity index (χ1v) is 13.5. The third kappa shape index (κ3) is 6.67. The van der Waals surface area contributed by atoms with Gasteiger partial charge < -0.3 is 19.9 Å². The minimum Gasteiger partial charge on any atom is -0.489 e. The quantitative estimate of drug-likeness (QED) is 0.130. The maximum absolute atomic E-state index is 12.5. The molecule has 0 amide bonds. The van der Waals surface area contributed by atoms with Gasteiger partial charge in [-0.05, 0) is 65.2 Å². The Hall–Kier alpha value is -4.41. The van der Waals surface area contributed by atoms with Crippen molar-refractivity contribution >= 4 is 46.8 Å². The van der Waals surface area contributed by atoms with Crippen LogP contribution in [0.25, 0.3) is 6.08 Å². The van der Waals surface area contributed by atoms with E-state index in [1.807, 2.05) is 48.5 Å². The normalized spacial score (nSPS) is 14.2. The first-order chi connectivity index (χ1) is 19.8. The Kier molecular flexibility index (Phi) is 8.51. The lowest BCUT2D eigenvalue weighted by molar-refractivity contribution is -0.128. The summed E-state index contributed by atoms with van der Waals surface area (Å²) in [6.07, 6.45) is 2.80. The van der Waals surface area contributed by atoms with Gasteiger partial charge in [0.05, 0.1) is 5.92 Å². The number of hydrogen-bond acceptors (Lipinski definition) is 6. The van der Waals surface area contributed by atoms with Crippen LogP contribution in [0.1, 0.15) is 28.2 Å². The predicted molar refractivity (Wildman–Crippen MR) is 159 cm³/mol. The summed E-state index contributed by atoms with van der Waals surface area (Å²) in [7, 11) is 0. The molecule has 0 radical (unpaired) electrons. The van der Waals surface area contributed by atoms with E-state index in [9.17, 15) is 10.1 Å². The summed E-state index contributed by atoms with van der Waals surface area (Å²) in [5.74, 6) is 0.183. The Morgan fingerprint density at radius 2 is 1.63 bits per heavy atom. The molecular formula is C32H21Cl3N2O4. The average Bonchev–Trinajstić information content (AvgIpc) is 2.96. The number of allylic oxidation sites excluding steroid dienone is 1. The first kappa shape index (κ1) is 28.1. The molecule has 1 aliphatic rings. The number of halogens is 3. The number of nitrogens with zero attached hydrogens (tertiary/aromatic N) is 1. The fourth-order valence-electron chi connectivity index (χ4n) is 4.29. The van der Waals surface area contributed by atoms with Crippen molar-refractivity contribution in [1.29, 1.82) is 5.26 Å². The van der Waals surface area contributed by atoms with Crippen LogP contribution in [0.15, 0.2) is 102 Å². The van der Waals surface area contributed by atoms with Gasteiger partial charge >= 0.3 is 5.97 Å². The number of carbonyl (C=O) groups is 1. The lowest BCUT2D eigenvalue weighted by Crippen LogP contribution is -2.21. The second-order valence-electron chi connectivity index (χ2n) is 9.03. The summed E-state index contributed by atoms with van der Waals surface area (Å²) in [6, 6.07) is 26.9. The number of benzene rings is 4. The summed E-state index contributed by atoms with van der Waals surface area (Å²) in [4.78, 5) is 12.5. The highest BCUT2D eigenvalue weighted by molar-refractivity contribution is 6.35. The zero-order valence-corrected chi connectivity index (χ0v) is 23.6. The van der Waals surface area contributed by atoms with Crippen molar-refractivity contribution in [3.05, 3.63) is 140 Å². The second-order valence-corrected chi connectivity index (χ2v) is 10.3. The van der Waals surface area contributed by atoms with Gasteiger partial charge in [0, 0.05) is 32.8 Å². The van der Waals surface area contributed by atoms with Gasteiger partial charge in [-0.3, -0.25) is 0 Å². The van der Waals surface area contributed by atoms with Crippen molar-refractivity contribution in [2.24, 2.45) is 5.73 Å². The molecule has 6 nitrogen and oxygen atoms in total. The second kappa shape index (κ2) is 12.4. The van der Waals surface area contributed by atoms with E-state index in [4.69, 9.17) is 54.7 Å². The van der Waals surface area contributed by atoms with Gasteiger partial charge in [0.15, 0.2) is 0 Å². The Morgan fingerprint density at radius 1 is 0.927 bits per heavy atom. The molecular weight excluding hydrogens is 583 g/mol. The Balaban J connectivity index is 1.33. The summed E-state index contributed by atoms with van der Waals surface area (Å²) >= 11 is 18.0. The molecule has 5 rings (SSSR count). The maximum Gasteiger partial charge on any atom is 0.336 e. The maximum atomic E-state index is 12.5. The van der Waals surface area contributed by atoms with Crippen LogP contribution in [-0.4, -0.2) is 5.97 Å². The van der Waals surface area contributed by atoms with E-state index in [2.05, 4.69) is 6.07 Å². The smallest absolute Gasteiger partial charge is 0.336 e. The number of rotatable bonds is 7. The minimum absolute atomic E-state index is 0.0196. The monoisotopic (exact) mass is 602 g/mol. The Morgan fingerprint density at radius 3 is 2.34 bits per heavy atom. The fraction of sp³-hybridized carbons (Fsp3) is 0.0625. The van der Waals surface area contributed by atoms with Gasteiger partial charge in [-0.1, -0.05) is 71.2 Å². The molecule has 0 aromatic heterocycles. The third-order valence-electron chi connectivity index (χ3n) is 6.30. The molecule has 41 heavy (non-hydrogen) atoms. The molecule has 204 valence electrons. The van der Waals surface area contributed by atoms with Gasteiger partial charge in [0.1, 0.15) is 35.5 Å². The van der Waals surface area contributed by atoms with Crippen LogP contribution in [0.4, 0.5) is 0 Å². The van der Waals surface area contributed by atoms with Crippen molar-refractivity contribution in [1.82, 2.24) is 0 Å². The molecule has 1 unspecified atom stereocenters. The largest absolute Gasteiger partial charge is 0.489 e. The van der Waals surface area contributed by atoms with Gasteiger partial charge in [0.25, 0.3) is 0 Å². The zero-order valence-electron chi connectivity index (χ0n) is 21.3. The minimum atomic E-state index is -0.612. The summed E-state index contributed by atoms with van der Waals surface area (Å²) in [5.41, 5.74) is 9.54. The Labute approximate surface area is 251 Å². The molecule has 1 aliphatic heterocycles. The van der Waals surface area contributed by atoms with Gasteiger partial charge in [-0.15, -0.1) is 0 Å². The van der Waals surface area contributed by atoms with Crippen molar-refractivity contribution in [2.75, 3.05) is 0 Å². The molecule has 0 saturated heterocycles. The van der Waals surface area contributed by atoms with Crippen molar-refractivity contribution < 1.29 is 19.0 Å². The van der Waals surface area contributed by atoms with Crippen LogP contribution in [0, 0.1) is 11.3 Å². The highest BCUT2D eigenvalue weighted by atomic mass is 35.5. The molecule has 0 saturated carbocycles. The van der Waals surface area contributed by atoms with E-state index < -0.39 is 11.9 Å². The number of esters is 1. The van der Waals surface area contributed by atoms with Crippen LogP contribution in [-0.2, 0) is 11.4 Å². The molecule has 9 heteroatoms. The van der Waals surface area contributed by atoms with Crippen LogP contribution in [0.2, 0.25) is 15.1 Å². The standard InChI is InChI=1S/C32H21Cl3N2O4/c33-22-7-1-19(2-8-22)18-39-24-10-4-21(5-11-24)31-26-13-12-25(16-29(26)41-32(37)27(31)17-36)40-30(38)14-6-20-3-9-23(34)15-28(20)35/h1-16,31H,18,37H2/b14-6+. The number of carbonyl (C=O) groups excluding carboxylic acids is 1. The van der Waals surface area contributed by atoms with Crippen molar-refractivity contribution in [3.63, 3.8) is 0 Å². The van der Waals surface area contributed by atoms with E-state index in [1.54, 1.807) is 36.4 Å². The summed E-state index contributed by atoms with van der Waals surface area (Å²) < 4.78 is 17.1. The van der Waals surface area contributed by atoms with E-state index >= 15 is 0 Å². The lowest BCUT2D eigenvalue weighted by Gasteiger charge is -2.26. The molecule has 0 fully saturated rings. The lowest BCUT2D eigenvalue weighted by atomic mass is 9.83. The number of hydrogen-bond donors (Lipinski definition) is 1. The zero-order chi connectivity index (χ0) is 28.9. The van der Waals surface area contributed by atoms with Crippen LogP contribution >= 0.6 is 34.8 Å². The molecule has 1 heterocycles. The van der Waals surface area contributed by atoms with Crippen LogP contribution in [0.5, 0.6) is 17.2 Å². The number of nitrogens with two attached hydrogens (primary N) is 1. The summed E-state index contributed by atoms with van der Waals surface area (Å²) in [5, 5.41) is 11.4. The van der Waals surface area contributed by atoms with E-state index in [0.717, 1.165) is 11.1 Å². The Bertz CT molecular complexity index is 1710. The fourth-order valence-corrected chi connectivity index (χ4v) is 4.89. The van der Waals surface area contributed by atoms with Gasteiger partial charge in [0.2, 0.25) is 5.88 Å². The third-order valence-corrected chi connectivity index (χ3v) is 7.12. The van der Waals surface area contributed by atoms with Crippen LogP contribution < -0.4 is 19.9 Å². The number of nitriles is 1. The molecule has 4 aromatic rings. The van der Waals surface area contributed by atoms with Gasteiger partial charge in [-0.2, -0.15) is 5.26 Å². The van der Waals surface area contributed by atoms with E-state index in [-0.39, 0.29) is 17.2 Å². The molecule has 2 N–H and O–H groups in total. The average molecular weight is 604 g/mol. The van der Waals surface area contributed by atoms with Crippen molar-refractivity contribution in [3.8, 4) is 23.3 Å². The number of fused-ring (bicyclic) bond motifs is 1. The van der Waals surface area contributed by atoms with E-state index in [1.165, 1.54) is 12.2 Å². The van der Waals surface area contributed by atoms with Crippen molar-refractivity contribution in [2.45, 2.75) is 12.5 Å². The van der Waals surface area contributed by atoms with Crippen LogP contribution in [0.3, 0.4) is 0 Å². The number of ether oxygens (including phenoxy) is 3. The summed E-state index contributed by atoms with van der Waals surface area (Å²) in [6.45, 7) is 0.385. The first-order valence-electron chi connectivity index (χ1n) is 12.3. The highest BCUT2D eigenvalue weighted by Crippen LogP contribution is 2.43.